The van der Waals surface area contributed by atoms with Crippen LogP contribution in [0.3, 0.4) is 0 Å². The molecule has 0 radical (unpaired) electrons. The van der Waals surface area contributed by atoms with Gasteiger partial charge in [-0.25, -0.2) is 13.6 Å². The summed E-state index contributed by atoms with van der Waals surface area (Å²) in [6.45, 7) is 2.55. The summed E-state index contributed by atoms with van der Waals surface area (Å²) < 4.78 is 24.9. The minimum atomic E-state index is -3.67. The molecule has 3 heterocycles. The first-order valence-electron chi connectivity index (χ1n) is 7.74. The van der Waals surface area contributed by atoms with Crippen LogP contribution in [0.25, 0.3) is 21.8 Å². The van der Waals surface area contributed by atoms with Gasteiger partial charge in [-0.1, -0.05) is 12.1 Å². The highest BCUT2D eigenvalue weighted by molar-refractivity contribution is 7.89. The van der Waals surface area contributed by atoms with Gasteiger partial charge in [-0.15, -0.1) is 0 Å². The van der Waals surface area contributed by atoms with Gasteiger partial charge < -0.3 is 4.57 Å². The van der Waals surface area contributed by atoms with Crippen molar-refractivity contribution in [2.75, 3.05) is 0 Å². The summed E-state index contributed by atoms with van der Waals surface area (Å²) in [5.41, 5.74) is 3.88. The predicted molar refractivity (Wildman–Crippen MR) is 96.7 cm³/mol. The zero-order valence-corrected chi connectivity index (χ0v) is 14.4. The van der Waals surface area contributed by atoms with Gasteiger partial charge in [0.05, 0.1) is 15.9 Å². The van der Waals surface area contributed by atoms with Crippen LogP contribution < -0.4 is 5.14 Å². The number of pyridine rings is 2. The lowest BCUT2D eigenvalue weighted by molar-refractivity contribution is 0.597. The molecule has 0 amide bonds. The van der Waals surface area contributed by atoms with Crippen LogP contribution in [-0.2, 0) is 16.6 Å². The maximum Gasteiger partial charge on any atom is 0.238 e. The Bertz CT molecular complexity index is 1200. The Balaban J connectivity index is 1.79. The lowest BCUT2D eigenvalue weighted by Crippen LogP contribution is -2.12. The Kier molecular flexibility index (Phi) is 3.55. The number of sulfonamides is 1. The monoisotopic (exact) mass is 352 g/mol. The summed E-state index contributed by atoms with van der Waals surface area (Å²) in [4.78, 5) is 9.00. The van der Waals surface area contributed by atoms with Gasteiger partial charge in [0.2, 0.25) is 10.0 Å². The number of primary sulfonamides is 1. The van der Waals surface area contributed by atoms with Crippen molar-refractivity contribution in [2.24, 2.45) is 5.14 Å². The molecule has 0 saturated heterocycles. The lowest BCUT2D eigenvalue weighted by atomic mass is 10.2. The summed E-state index contributed by atoms with van der Waals surface area (Å²) in [6.07, 6.45) is 5.71. The molecular formula is C18H16N4O2S. The molecule has 0 spiro atoms. The number of nitrogens with two attached hydrogens (primary N) is 1. The number of fused-ring (bicyclic) bond motifs is 3. The summed E-state index contributed by atoms with van der Waals surface area (Å²) in [5, 5.41) is 7.18. The lowest BCUT2D eigenvalue weighted by Gasteiger charge is -2.09. The van der Waals surface area contributed by atoms with E-state index in [1.54, 1.807) is 12.1 Å². The number of hydrogen-bond acceptors (Lipinski definition) is 4. The van der Waals surface area contributed by atoms with Crippen molar-refractivity contribution in [3.8, 4) is 0 Å². The number of rotatable bonds is 3. The van der Waals surface area contributed by atoms with E-state index in [0.717, 1.165) is 33.1 Å². The van der Waals surface area contributed by atoms with Crippen molar-refractivity contribution in [3.05, 3.63) is 66.2 Å². The molecule has 2 N–H and O–H groups in total. The van der Waals surface area contributed by atoms with Crippen LogP contribution in [0.15, 0.2) is 59.9 Å². The Labute approximate surface area is 145 Å². The topological polar surface area (TPSA) is 90.9 Å². The number of aryl methyl sites for hydroxylation is 1. The molecule has 25 heavy (non-hydrogen) atoms. The maximum atomic E-state index is 11.4. The normalized spacial score (nSPS) is 12.1. The van der Waals surface area contributed by atoms with Crippen molar-refractivity contribution in [3.63, 3.8) is 0 Å². The van der Waals surface area contributed by atoms with Gasteiger partial charge in [0.1, 0.15) is 0 Å². The zero-order chi connectivity index (χ0) is 17.6. The highest BCUT2D eigenvalue weighted by Crippen LogP contribution is 2.25. The molecule has 0 atom stereocenters. The second-order valence-corrected chi connectivity index (χ2v) is 7.60. The van der Waals surface area contributed by atoms with Crippen LogP contribution in [-0.4, -0.2) is 23.0 Å². The van der Waals surface area contributed by atoms with Gasteiger partial charge in [0, 0.05) is 41.6 Å². The standard InChI is InChI=1S/C18H16N4O2S/c1-12-8-17-16(10-20-12)18-14(9-21-17)6-7-22(18)11-13-2-4-15(5-3-13)25(19,23)24/h2-10H,11H2,1H3,(H2,19,23,24). The van der Waals surface area contributed by atoms with E-state index in [0.29, 0.717) is 6.54 Å². The second kappa shape index (κ2) is 5.65. The molecule has 4 aromatic rings. The highest BCUT2D eigenvalue weighted by atomic mass is 32.2. The number of nitrogens with zero attached hydrogens (tertiary/aromatic N) is 3. The van der Waals surface area contributed by atoms with E-state index in [-0.39, 0.29) is 4.90 Å². The highest BCUT2D eigenvalue weighted by Gasteiger charge is 2.10. The van der Waals surface area contributed by atoms with E-state index in [9.17, 15) is 8.42 Å². The molecule has 1 aromatic carbocycles. The molecule has 0 aliphatic heterocycles. The number of hydrogen-bond donors (Lipinski definition) is 1. The number of aromatic nitrogens is 3. The van der Waals surface area contributed by atoms with E-state index >= 15 is 0 Å². The van der Waals surface area contributed by atoms with Crippen LogP contribution in [0, 0.1) is 6.92 Å². The molecule has 4 rings (SSSR count). The average molecular weight is 352 g/mol. The fourth-order valence-corrected chi connectivity index (χ4v) is 3.51. The minimum Gasteiger partial charge on any atom is -0.342 e. The molecule has 0 unspecified atom stereocenters. The van der Waals surface area contributed by atoms with Crippen molar-refractivity contribution in [2.45, 2.75) is 18.4 Å². The van der Waals surface area contributed by atoms with Crippen molar-refractivity contribution in [1.29, 1.82) is 0 Å². The quantitative estimate of drug-likeness (QED) is 0.613. The van der Waals surface area contributed by atoms with Crippen LogP contribution in [0.1, 0.15) is 11.3 Å². The molecule has 0 saturated carbocycles. The fraction of sp³-hybridized carbons (Fsp3) is 0.111. The van der Waals surface area contributed by atoms with Gasteiger partial charge in [0.25, 0.3) is 0 Å². The fourth-order valence-electron chi connectivity index (χ4n) is 2.99. The van der Waals surface area contributed by atoms with Gasteiger partial charge in [-0.3, -0.25) is 9.97 Å². The second-order valence-electron chi connectivity index (χ2n) is 6.04. The SMILES string of the molecule is Cc1cc2ncc3ccn(Cc4ccc(S(N)(=O)=O)cc4)c3c2cn1. The van der Waals surface area contributed by atoms with Gasteiger partial charge >= 0.3 is 0 Å². The van der Waals surface area contributed by atoms with E-state index in [1.165, 1.54) is 12.1 Å². The Morgan fingerprint density at radius 3 is 2.56 bits per heavy atom. The molecule has 7 heteroatoms. The molecule has 0 aliphatic carbocycles. The predicted octanol–water partition coefficient (Wildman–Crippen LogP) is 2.59. The van der Waals surface area contributed by atoms with E-state index in [1.807, 2.05) is 37.6 Å². The van der Waals surface area contributed by atoms with E-state index in [2.05, 4.69) is 14.5 Å². The van der Waals surface area contributed by atoms with Crippen LogP contribution in [0.5, 0.6) is 0 Å². The van der Waals surface area contributed by atoms with Gasteiger partial charge in [0.15, 0.2) is 0 Å². The summed E-state index contributed by atoms with van der Waals surface area (Å²) in [7, 11) is -3.67. The Morgan fingerprint density at radius 2 is 1.84 bits per heavy atom. The first kappa shape index (κ1) is 15.7. The van der Waals surface area contributed by atoms with Crippen molar-refractivity contribution in [1.82, 2.24) is 14.5 Å². The number of benzene rings is 1. The van der Waals surface area contributed by atoms with Crippen LogP contribution in [0.2, 0.25) is 0 Å². The smallest absolute Gasteiger partial charge is 0.238 e. The van der Waals surface area contributed by atoms with E-state index in [4.69, 9.17) is 5.14 Å². The van der Waals surface area contributed by atoms with Gasteiger partial charge in [-0.05, 0) is 36.8 Å². The third-order valence-electron chi connectivity index (χ3n) is 4.22. The summed E-state index contributed by atoms with van der Waals surface area (Å²) >= 11 is 0. The first-order chi connectivity index (χ1) is 11.9. The Hall–Kier alpha value is -2.77. The molecule has 0 bridgehead atoms. The largest absolute Gasteiger partial charge is 0.342 e. The molecule has 6 nitrogen and oxygen atoms in total. The maximum absolute atomic E-state index is 11.4. The molecular weight excluding hydrogens is 336 g/mol. The third kappa shape index (κ3) is 2.88. The molecule has 126 valence electrons. The van der Waals surface area contributed by atoms with Crippen LogP contribution in [0.4, 0.5) is 0 Å². The average Bonchev–Trinajstić information content (AvgIpc) is 2.97. The minimum absolute atomic E-state index is 0.114. The molecule has 0 aliphatic rings. The first-order valence-corrected chi connectivity index (χ1v) is 9.28. The zero-order valence-electron chi connectivity index (χ0n) is 13.5. The molecule has 0 fully saturated rings. The Morgan fingerprint density at radius 1 is 1.08 bits per heavy atom. The van der Waals surface area contributed by atoms with E-state index < -0.39 is 10.0 Å². The summed E-state index contributed by atoms with van der Waals surface area (Å²) in [5.74, 6) is 0. The summed E-state index contributed by atoms with van der Waals surface area (Å²) in [6, 6.07) is 10.6. The van der Waals surface area contributed by atoms with Crippen molar-refractivity contribution >= 4 is 31.8 Å². The van der Waals surface area contributed by atoms with Crippen LogP contribution >= 0.6 is 0 Å². The van der Waals surface area contributed by atoms with Crippen molar-refractivity contribution < 1.29 is 8.42 Å². The third-order valence-corrected chi connectivity index (χ3v) is 5.15. The molecule has 3 aromatic heterocycles. The van der Waals surface area contributed by atoms with Gasteiger partial charge in [-0.2, -0.15) is 0 Å².